The van der Waals surface area contributed by atoms with Crippen molar-refractivity contribution in [1.29, 1.82) is 0 Å². The number of esters is 1. The molecular formula is C18H22ClN3O6S. The van der Waals surface area contributed by atoms with Gasteiger partial charge in [-0.15, -0.1) is 0 Å². The summed E-state index contributed by atoms with van der Waals surface area (Å²) in [5.41, 5.74) is -1.04. The predicted octanol–water partition coefficient (Wildman–Crippen LogP) is 1.12. The third kappa shape index (κ3) is 4.60. The maximum Gasteiger partial charge on any atom is 0.340 e. The van der Waals surface area contributed by atoms with E-state index in [0.29, 0.717) is 0 Å². The molecule has 1 aromatic heterocycles. The molecule has 158 valence electrons. The number of ether oxygens (including phenoxy) is 1. The Hall–Kier alpha value is -2.43. The van der Waals surface area contributed by atoms with Gasteiger partial charge in [0.1, 0.15) is 6.61 Å². The van der Waals surface area contributed by atoms with Crippen LogP contribution in [0.1, 0.15) is 29.9 Å². The topological polar surface area (TPSA) is 108 Å². The Balaban J connectivity index is 2.33. The van der Waals surface area contributed by atoms with Gasteiger partial charge in [-0.1, -0.05) is 25.4 Å². The zero-order chi connectivity index (χ0) is 21.9. The van der Waals surface area contributed by atoms with Crippen molar-refractivity contribution in [2.24, 2.45) is 14.1 Å². The average Bonchev–Trinajstić information content (AvgIpc) is 2.68. The fourth-order valence-electron chi connectivity index (χ4n) is 2.67. The monoisotopic (exact) mass is 443 g/mol. The number of carbonyl (C=O) groups excluding carboxylic acids is 1. The van der Waals surface area contributed by atoms with Gasteiger partial charge in [0.05, 0.1) is 21.2 Å². The summed E-state index contributed by atoms with van der Waals surface area (Å²) in [5, 5.41) is 0.0198. The minimum atomic E-state index is -3.79. The molecule has 0 amide bonds. The van der Waals surface area contributed by atoms with Gasteiger partial charge in [-0.2, -0.15) is 4.31 Å². The summed E-state index contributed by atoms with van der Waals surface area (Å²) < 4.78 is 33.9. The van der Waals surface area contributed by atoms with Gasteiger partial charge in [0, 0.05) is 33.3 Å². The first kappa shape index (κ1) is 22.9. The quantitative estimate of drug-likeness (QED) is 0.593. The fourth-order valence-corrected chi connectivity index (χ4v) is 4.35. The lowest BCUT2D eigenvalue weighted by Gasteiger charge is -2.19. The van der Waals surface area contributed by atoms with Crippen LogP contribution in [-0.4, -0.2) is 40.9 Å². The Morgan fingerprint density at radius 2 is 1.72 bits per heavy atom. The number of hydrogen-bond donors (Lipinski definition) is 0. The Morgan fingerprint density at radius 1 is 1.10 bits per heavy atom. The molecular weight excluding hydrogens is 422 g/mol. The lowest BCUT2D eigenvalue weighted by molar-refractivity contribution is 0.0462. The number of sulfonamides is 1. The smallest absolute Gasteiger partial charge is 0.340 e. The molecule has 0 spiro atoms. The van der Waals surface area contributed by atoms with Gasteiger partial charge < -0.3 is 4.74 Å². The highest BCUT2D eigenvalue weighted by Crippen LogP contribution is 2.24. The van der Waals surface area contributed by atoms with Gasteiger partial charge >= 0.3 is 11.7 Å². The number of hydrogen-bond acceptors (Lipinski definition) is 6. The van der Waals surface area contributed by atoms with Gasteiger partial charge in [-0.3, -0.25) is 13.9 Å². The minimum Gasteiger partial charge on any atom is -0.456 e. The Morgan fingerprint density at radius 3 is 2.31 bits per heavy atom. The molecule has 0 saturated carbocycles. The van der Waals surface area contributed by atoms with Crippen molar-refractivity contribution in [3.63, 3.8) is 0 Å². The second kappa shape index (κ2) is 8.93. The van der Waals surface area contributed by atoms with Crippen LogP contribution in [0.2, 0.25) is 5.02 Å². The molecule has 0 N–H and O–H groups in total. The summed E-state index contributed by atoms with van der Waals surface area (Å²) in [6, 6.07) is 4.96. The zero-order valence-electron chi connectivity index (χ0n) is 16.5. The molecule has 0 unspecified atom stereocenters. The van der Waals surface area contributed by atoms with E-state index in [1.807, 2.05) is 0 Å². The molecule has 11 heteroatoms. The first-order valence-corrected chi connectivity index (χ1v) is 10.6. The van der Waals surface area contributed by atoms with Gasteiger partial charge in [0.25, 0.3) is 5.56 Å². The summed E-state index contributed by atoms with van der Waals surface area (Å²) in [6.07, 6.45) is 0. The van der Waals surface area contributed by atoms with Crippen molar-refractivity contribution >= 4 is 27.6 Å². The molecule has 0 radical (unpaired) electrons. The first-order chi connectivity index (χ1) is 13.5. The van der Waals surface area contributed by atoms with Crippen LogP contribution in [0.25, 0.3) is 0 Å². The van der Waals surface area contributed by atoms with Crippen LogP contribution in [0.5, 0.6) is 0 Å². The number of benzene rings is 1. The van der Waals surface area contributed by atoms with Gasteiger partial charge in [0.2, 0.25) is 10.0 Å². The lowest BCUT2D eigenvalue weighted by atomic mass is 10.2. The van der Waals surface area contributed by atoms with E-state index < -0.39 is 27.2 Å². The second-order valence-electron chi connectivity index (χ2n) is 6.18. The number of rotatable bonds is 7. The van der Waals surface area contributed by atoms with E-state index in [4.69, 9.17) is 16.3 Å². The van der Waals surface area contributed by atoms with E-state index in [1.165, 1.54) is 41.2 Å². The molecule has 0 saturated heterocycles. The van der Waals surface area contributed by atoms with Crippen LogP contribution in [-0.2, 0) is 35.5 Å². The third-order valence-electron chi connectivity index (χ3n) is 4.48. The van der Waals surface area contributed by atoms with Gasteiger partial charge in [-0.05, 0) is 18.2 Å². The summed E-state index contributed by atoms with van der Waals surface area (Å²) in [6.45, 7) is 3.61. The largest absolute Gasteiger partial charge is 0.456 e. The number of carbonyl (C=O) groups is 1. The Kier molecular flexibility index (Phi) is 7.04. The molecule has 0 aliphatic rings. The molecule has 1 aromatic carbocycles. The molecule has 0 bridgehead atoms. The number of nitrogens with zero attached hydrogens (tertiary/aromatic N) is 3. The molecule has 0 fully saturated rings. The van der Waals surface area contributed by atoms with Crippen LogP contribution in [0.3, 0.4) is 0 Å². The molecule has 0 atom stereocenters. The standard InChI is InChI=1S/C18H22ClN3O6S/c1-5-22(6-2)29(26,27)13-7-8-15(19)14(10-13)17(24)28-11-12-9-16(23)21(4)18(25)20(12)3/h7-10H,5-6,11H2,1-4H3. The Bertz CT molecular complexity index is 1150. The summed E-state index contributed by atoms with van der Waals surface area (Å²) >= 11 is 6.05. The second-order valence-corrected chi connectivity index (χ2v) is 8.53. The van der Waals surface area contributed by atoms with E-state index in [1.54, 1.807) is 13.8 Å². The van der Waals surface area contributed by atoms with Crippen molar-refractivity contribution < 1.29 is 17.9 Å². The maximum atomic E-state index is 12.7. The van der Waals surface area contributed by atoms with Gasteiger partial charge in [0.15, 0.2) is 0 Å². The van der Waals surface area contributed by atoms with E-state index >= 15 is 0 Å². The van der Waals surface area contributed by atoms with E-state index in [9.17, 15) is 22.8 Å². The molecule has 0 aliphatic heterocycles. The van der Waals surface area contributed by atoms with Crippen LogP contribution < -0.4 is 11.2 Å². The van der Waals surface area contributed by atoms with Crippen LogP contribution in [0.4, 0.5) is 0 Å². The summed E-state index contributed by atoms with van der Waals surface area (Å²) in [5.74, 6) is -0.875. The fraction of sp³-hybridized carbons (Fsp3) is 0.389. The maximum absolute atomic E-state index is 12.7. The van der Waals surface area contributed by atoms with Crippen molar-refractivity contribution in [1.82, 2.24) is 13.4 Å². The molecule has 29 heavy (non-hydrogen) atoms. The summed E-state index contributed by atoms with van der Waals surface area (Å²) in [7, 11) is -1.01. The van der Waals surface area contributed by atoms with E-state index in [2.05, 4.69) is 0 Å². The lowest BCUT2D eigenvalue weighted by Crippen LogP contribution is -2.38. The van der Waals surface area contributed by atoms with Crippen LogP contribution >= 0.6 is 11.6 Å². The molecule has 0 aliphatic carbocycles. The van der Waals surface area contributed by atoms with E-state index in [0.717, 1.165) is 10.6 Å². The Labute approximate surface area is 173 Å². The highest BCUT2D eigenvalue weighted by Gasteiger charge is 2.24. The highest BCUT2D eigenvalue weighted by atomic mass is 35.5. The van der Waals surface area contributed by atoms with Crippen LogP contribution in [0, 0.1) is 0 Å². The van der Waals surface area contributed by atoms with Crippen molar-refractivity contribution in [3.8, 4) is 0 Å². The molecule has 9 nitrogen and oxygen atoms in total. The molecule has 1 heterocycles. The minimum absolute atomic E-state index is 0.0198. The zero-order valence-corrected chi connectivity index (χ0v) is 18.1. The average molecular weight is 444 g/mol. The van der Waals surface area contributed by atoms with Gasteiger partial charge in [-0.25, -0.2) is 18.0 Å². The molecule has 2 rings (SSSR count). The summed E-state index contributed by atoms with van der Waals surface area (Å²) in [4.78, 5) is 36.1. The highest BCUT2D eigenvalue weighted by molar-refractivity contribution is 7.89. The van der Waals surface area contributed by atoms with Crippen LogP contribution in [0.15, 0.2) is 38.8 Å². The predicted molar refractivity (Wildman–Crippen MR) is 108 cm³/mol. The van der Waals surface area contributed by atoms with Crippen molar-refractivity contribution in [2.75, 3.05) is 13.1 Å². The van der Waals surface area contributed by atoms with Crippen molar-refractivity contribution in [3.05, 3.63) is 61.4 Å². The number of halogens is 1. The first-order valence-electron chi connectivity index (χ1n) is 8.77. The SMILES string of the molecule is CCN(CC)S(=O)(=O)c1ccc(Cl)c(C(=O)OCc2cc(=O)n(C)c(=O)n2C)c1. The van der Waals surface area contributed by atoms with Crippen molar-refractivity contribution in [2.45, 2.75) is 25.3 Å². The van der Waals surface area contributed by atoms with E-state index in [-0.39, 0.29) is 40.9 Å². The normalized spacial score (nSPS) is 11.7. The third-order valence-corrected chi connectivity index (χ3v) is 6.85. The number of aromatic nitrogens is 2. The molecule has 2 aromatic rings.